The molecular weight excluding hydrogens is 502 g/mol. The fraction of sp³-hybridized carbons (Fsp3) is 0.429. The van der Waals surface area contributed by atoms with E-state index >= 15 is 0 Å². The highest BCUT2D eigenvalue weighted by Gasteiger charge is 2.27. The van der Waals surface area contributed by atoms with Crippen LogP contribution in [-0.4, -0.2) is 48.8 Å². The Hall–Kier alpha value is -3.53. The van der Waals surface area contributed by atoms with Crippen molar-refractivity contribution in [1.29, 1.82) is 0 Å². The molecule has 9 nitrogen and oxygen atoms in total. The minimum absolute atomic E-state index is 0.0661. The van der Waals surface area contributed by atoms with Gasteiger partial charge in [0.1, 0.15) is 5.60 Å². The van der Waals surface area contributed by atoms with Crippen LogP contribution >= 0.6 is 0 Å². The van der Waals surface area contributed by atoms with E-state index in [-0.39, 0.29) is 10.9 Å². The predicted molar refractivity (Wildman–Crippen MR) is 151 cm³/mol. The molecule has 10 heteroatoms. The number of imidazole rings is 1. The Bertz CT molecular complexity index is 1420. The number of amides is 1. The number of aromatic nitrogens is 2. The van der Waals surface area contributed by atoms with Crippen LogP contribution in [0.15, 0.2) is 65.1 Å². The lowest BCUT2D eigenvalue weighted by atomic mass is 10.1. The number of alkyl carbamates (subject to hydrolysis) is 1. The largest absolute Gasteiger partial charge is 0.444 e. The summed E-state index contributed by atoms with van der Waals surface area (Å²) in [7, 11) is -3.72. The summed E-state index contributed by atoms with van der Waals surface area (Å²) >= 11 is 0. The minimum Gasteiger partial charge on any atom is -0.444 e. The molecule has 0 spiro atoms. The molecule has 1 unspecified atom stereocenters. The maximum Gasteiger partial charge on any atom is 0.407 e. The second-order valence-corrected chi connectivity index (χ2v) is 12.5. The molecule has 0 bridgehead atoms. The van der Waals surface area contributed by atoms with E-state index in [9.17, 15) is 13.2 Å². The van der Waals surface area contributed by atoms with E-state index in [0.29, 0.717) is 18.8 Å². The van der Waals surface area contributed by atoms with E-state index in [2.05, 4.69) is 25.6 Å². The molecule has 0 aliphatic carbocycles. The van der Waals surface area contributed by atoms with Gasteiger partial charge < -0.3 is 19.5 Å². The lowest BCUT2D eigenvalue weighted by Crippen LogP contribution is -2.49. The number of benzene rings is 2. The second kappa shape index (κ2) is 11.1. The molecule has 4 rings (SSSR count). The van der Waals surface area contributed by atoms with Crippen molar-refractivity contribution in [1.82, 2.24) is 14.9 Å². The summed E-state index contributed by atoms with van der Waals surface area (Å²) in [5, 5.41) is 3.00. The van der Waals surface area contributed by atoms with Crippen molar-refractivity contribution in [3.05, 3.63) is 60.2 Å². The van der Waals surface area contributed by atoms with E-state index in [1.807, 2.05) is 46.8 Å². The Morgan fingerprint density at radius 3 is 2.58 bits per heavy atom. The van der Waals surface area contributed by atoms with Crippen LogP contribution in [0.5, 0.6) is 0 Å². The van der Waals surface area contributed by atoms with Gasteiger partial charge in [-0.1, -0.05) is 29.8 Å². The number of nitrogens with one attached hydrogen (secondary N) is 2. The van der Waals surface area contributed by atoms with E-state index < -0.39 is 21.7 Å². The highest BCUT2D eigenvalue weighted by molar-refractivity contribution is 7.92. The van der Waals surface area contributed by atoms with E-state index in [0.717, 1.165) is 36.4 Å². The first-order valence-corrected chi connectivity index (χ1v) is 14.4. The van der Waals surface area contributed by atoms with Gasteiger partial charge in [0.15, 0.2) is 0 Å². The standard InChI is InChI=1S/C28H37N5O4S/c1-20(2)15-17-33-25-18-21(31-38(35,36)23-11-7-6-8-12-23)13-14-24(25)30-26(33)32-16-9-10-22(19-32)29-27(34)37-28(3,4)5/h6-8,11-15,18,22,31H,9-10,16-17,19H2,1-5H3,(H,29,34). The van der Waals surface area contributed by atoms with Gasteiger partial charge in [-0.05, 0) is 77.8 Å². The first kappa shape index (κ1) is 27.5. The van der Waals surface area contributed by atoms with Crippen LogP contribution in [-0.2, 0) is 21.3 Å². The highest BCUT2D eigenvalue weighted by atomic mass is 32.2. The van der Waals surface area contributed by atoms with Crippen molar-refractivity contribution < 1.29 is 17.9 Å². The molecule has 2 heterocycles. The summed E-state index contributed by atoms with van der Waals surface area (Å²) in [6.07, 6.45) is 3.45. The third kappa shape index (κ3) is 6.86. The summed E-state index contributed by atoms with van der Waals surface area (Å²) in [4.78, 5) is 19.7. The van der Waals surface area contributed by atoms with Crippen molar-refractivity contribution in [2.45, 2.75) is 70.5 Å². The first-order chi connectivity index (χ1) is 17.9. The number of fused-ring (bicyclic) bond motifs is 1. The molecule has 1 aliphatic rings. The lowest BCUT2D eigenvalue weighted by molar-refractivity contribution is 0.0499. The Morgan fingerprint density at radius 2 is 1.89 bits per heavy atom. The number of ether oxygens (including phenoxy) is 1. The fourth-order valence-corrected chi connectivity index (χ4v) is 5.50. The van der Waals surface area contributed by atoms with Gasteiger partial charge in [-0.3, -0.25) is 4.72 Å². The number of hydrogen-bond acceptors (Lipinski definition) is 6. The quantitative estimate of drug-likeness (QED) is 0.395. The van der Waals surface area contributed by atoms with Crippen molar-refractivity contribution in [2.24, 2.45) is 0 Å². The molecule has 1 saturated heterocycles. The number of sulfonamides is 1. The van der Waals surface area contributed by atoms with Gasteiger partial charge in [-0.25, -0.2) is 18.2 Å². The van der Waals surface area contributed by atoms with Gasteiger partial charge in [0, 0.05) is 25.7 Å². The highest BCUT2D eigenvalue weighted by Crippen LogP contribution is 2.29. The molecule has 1 fully saturated rings. The maximum atomic E-state index is 12.9. The van der Waals surface area contributed by atoms with Crippen molar-refractivity contribution in [3.8, 4) is 0 Å². The van der Waals surface area contributed by atoms with Crippen LogP contribution in [0.4, 0.5) is 16.4 Å². The van der Waals surface area contributed by atoms with E-state index in [4.69, 9.17) is 9.72 Å². The molecule has 204 valence electrons. The average molecular weight is 540 g/mol. The Labute approximate surface area is 224 Å². The molecule has 0 saturated carbocycles. The normalized spacial score (nSPS) is 16.2. The summed E-state index contributed by atoms with van der Waals surface area (Å²) in [6.45, 7) is 11.6. The Balaban J connectivity index is 1.63. The molecule has 38 heavy (non-hydrogen) atoms. The number of anilines is 2. The fourth-order valence-electron chi connectivity index (χ4n) is 4.43. The number of piperidine rings is 1. The smallest absolute Gasteiger partial charge is 0.407 e. The number of nitrogens with zero attached hydrogens (tertiary/aromatic N) is 3. The molecule has 1 aromatic heterocycles. The topological polar surface area (TPSA) is 106 Å². The molecule has 3 aromatic rings. The lowest BCUT2D eigenvalue weighted by Gasteiger charge is -2.34. The first-order valence-electron chi connectivity index (χ1n) is 12.9. The average Bonchev–Trinajstić information content (AvgIpc) is 3.20. The summed E-state index contributed by atoms with van der Waals surface area (Å²) in [5.41, 5.74) is 2.67. The number of hydrogen-bond donors (Lipinski definition) is 2. The minimum atomic E-state index is -3.72. The van der Waals surface area contributed by atoms with Gasteiger partial charge >= 0.3 is 6.09 Å². The monoisotopic (exact) mass is 539 g/mol. The van der Waals surface area contributed by atoms with Gasteiger partial charge in [0.2, 0.25) is 5.95 Å². The van der Waals surface area contributed by atoms with Crippen LogP contribution in [0.2, 0.25) is 0 Å². The number of allylic oxidation sites excluding steroid dienone is 2. The van der Waals surface area contributed by atoms with E-state index in [1.165, 1.54) is 5.57 Å². The predicted octanol–water partition coefficient (Wildman–Crippen LogP) is 5.30. The molecule has 0 radical (unpaired) electrons. The summed E-state index contributed by atoms with van der Waals surface area (Å²) in [5.74, 6) is 0.788. The van der Waals surface area contributed by atoms with Gasteiger partial charge in [-0.2, -0.15) is 0 Å². The van der Waals surface area contributed by atoms with Gasteiger partial charge in [0.25, 0.3) is 10.0 Å². The number of carbonyl (C=O) groups excluding carboxylic acids is 1. The molecule has 2 N–H and O–H groups in total. The molecule has 1 atom stereocenters. The van der Waals surface area contributed by atoms with Gasteiger partial charge in [-0.15, -0.1) is 0 Å². The molecule has 2 aromatic carbocycles. The van der Waals surface area contributed by atoms with Crippen molar-refractivity contribution >= 4 is 38.8 Å². The van der Waals surface area contributed by atoms with E-state index in [1.54, 1.807) is 36.4 Å². The van der Waals surface area contributed by atoms with Crippen LogP contribution in [0.1, 0.15) is 47.5 Å². The van der Waals surface area contributed by atoms with Crippen molar-refractivity contribution in [3.63, 3.8) is 0 Å². The maximum absolute atomic E-state index is 12.9. The van der Waals surface area contributed by atoms with Gasteiger partial charge in [0.05, 0.1) is 21.6 Å². The Kier molecular flexibility index (Phi) is 8.01. The molecule has 1 aliphatic heterocycles. The van der Waals surface area contributed by atoms with Crippen molar-refractivity contribution in [2.75, 3.05) is 22.7 Å². The third-order valence-electron chi connectivity index (χ3n) is 6.14. The third-order valence-corrected chi connectivity index (χ3v) is 7.54. The SMILES string of the molecule is CC(C)=CCn1c(N2CCCC(NC(=O)OC(C)(C)C)C2)nc2ccc(NS(=O)(=O)c3ccccc3)cc21. The van der Waals surface area contributed by atoms with Crippen LogP contribution in [0, 0.1) is 0 Å². The van der Waals surface area contributed by atoms with Crippen LogP contribution < -0.4 is 14.9 Å². The summed E-state index contributed by atoms with van der Waals surface area (Å²) < 4.78 is 36.1. The zero-order valence-corrected chi connectivity index (χ0v) is 23.5. The molecular formula is C28H37N5O4S. The summed E-state index contributed by atoms with van der Waals surface area (Å²) in [6, 6.07) is 13.6. The second-order valence-electron chi connectivity index (χ2n) is 10.9. The number of rotatable bonds is 7. The van der Waals surface area contributed by atoms with Crippen LogP contribution in [0.25, 0.3) is 11.0 Å². The zero-order valence-electron chi connectivity index (χ0n) is 22.7. The molecule has 1 amide bonds. The zero-order chi connectivity index (χ0) is 27.5. The van der Waals surface area contributed by atoms with Crippen LogP contribution in [0.3, 0.4) is 0 Å². The number of carbonyl (C=O) groups is 1. The Morgan fingerprint density at radius 1 is 1.16 bits per heavy atom.